The number of nitrogens with two attached hydrogens (primary N) is 1. The van der Waals surface area contributed by atoms with Crippen molar-refractivity contribution in [3.05, 3.63) is 12.2 Å². The van der Waals surface area contributed by atoms with E-state index in [1.54, 1.807) is 0 Å². The second-order valence-electron chi connectivity index (χ2n) is 8.92. The second kappa shape index (κ2) is 36.4. The first kappa shape index (κ1) is 42.9. The van der Waals surface area contributed by atoms with Crippen LogP contribution in [0.5, 0.6) is 0 Å². The third kappa shape index (κ3) is 38.0. The van der Waals surface area contributed by atoms with Crippen molar-refractivity contribution >= 4 is 17.6 Å². The van der Waals surface area contributed by atoms with Crippen molar-refractivity contribution in [1.82, 2.24) is 10.6 Å². The van der Waals surface area contributed by atoms with Crippen LogP contribution >= 0.6 is 0 Å². The van der Waals surface area contributed by atoms with Crippen molar-refractivity contribution in [3.8, 4) is 0 Å². The highest BCUT2D eigenvalue weighted by molar-refractivity contribution is 5.97. The molecule has 0 spiro atoms. The molecular formula is C29H55N3O13. The number of carbonyl (C=O) groups excluding carboxylic acids is 3. The van der Waals surface area contributed by atoms with Gasteiger partial charge in [-0.3, -0.25) is 14.4 Å². The van der Waals surface area contributed by atoms with Crippen LogP contribution in [-0.4, -0.2) is 169 Å². The molecule has 0 aromatic rings. The summed E-state index contributed by atoms with van der Waals surface area (Å²) < 4.78 is 53.9. The van der Waals surface area contributed by atoms with E-state index in [4.69, 9.17) is 53.1 Å². The molecule has 0 saturated heterocycles. The quantitative estimate of drug-likeness (QED) is 0.0522. The largest absolute Gasteiger partial charge is 0.378 e. The smallest absolute Gasteiger partial charge is 0.244 e. The van der Waals surface area contributed by atoms with Gasteiger partial charge in [0.15, 0.2) is 5.78 Å². The number of rotatable bonds is 36. The minimum absolute atomic E-state index is 0.180. The topological polar surface area (TPSA) is 194 Å². The Labute approximate surface area is 266 Å². The maximum Gasteiger partial charge on any atom is 0.244 e. The fourth-order valence-electron chi connectivity index (χ4n) is 2.91. The van der Waals surface area contributed by atoms with E-state index >= 15 is 0 Å². The Kier molecular flexibility index (Phi) is 34.7. The Morgan fingerprint density at radius 1 is 0.467 bits per heavy atom. The highest BCUT2D eigenvalue weighted by Crippen LogP contribution is 1.87. The van der Waals surface area contributed by atoms with Crippen molar-refractivity contribution < 1.29 is 61.8 Å². The highest BCUT2D eigenvalue weighted by Gasteiger charge is 2.03. The molecule has 0 fully saturated rings. The van der Waals surface area contributed by atoms with Gasteiger partial charge in [-0.05, 0) is 13.0 Å². The van der Waals surface area contributed by atoms with Gasteiger partial charge < -0.3 is 63.7 Å². The summed E-state index contributed by atoms with van der Waals surface area (Å²) in [7, 11) is 0. The van der Waals surface area contributed by atoms with E-state index in [1.807, 2.05) is 0 Å². The van der Waals surface area contributed by atoms with Gasteiger partial charge in [0.2, 0.25) is 11.8 Å². The molecule has 2 amide bonds. The van der Waals surface area contributed by atoms with Crippen LogP contribution < -0.4 is 16.4 Å². The summed E-state index contributed by atoms with van der Waals surface area (Å²) in [6, 6.07) is 0. The molecule has 0 saturated carbocycles. The highest BCUT2D eigenvalue weighted by atomic mass is 16.6. The Morgan fingerprint density at radius 3 is 1.09 bits per heavy atom. The number of nitrogens with one attached hydrogen (secondary N) is 2. The van der Waals surface area contributed by atoms with Gasteiger partial charge in [-0.25, -0.2) is 0 Å². The lowest BCUT2D eigenvalue weighted by atomic mass is 10.4. The van der Waals surface area contributed by atoms with Crippen LogP contribution in [0.1, 0.15) is 6.92 Å². The van der Waals surface area contributed by atoms with Gasteiger partial charge in [0.25, 0.3) is 0 Å². The average molecular weight is 654 g/mol. The van der Waals surface area contributed by atoms with E-state index in [2.05, 4.69) is 10.6 Å². The Morgan fingerprint density at radius 2 is 0.778 bits per heavy atom. The van der Waals surface area contributed by atoms with Gasteiger partial charge in [-0.1, -0.05) is 0 Å². The third-order valence-electron chi connectivity index (χ3n) is 5.07. The van der Waals surface area contributed by atoms with E-state index in [1.165, 1.54) is 6.92 Å². The summed E-state index contributed by atoms with van der Waals surface area (Å²) in [5, 5.41) is 4.98. The van der Waals surface area contributed by atoms with Gasteiger partial charge >= 0.3 is 0 Å². The lowest BCUT2D eigenvalue weighted by molar-refractivity contribution is -0.124. The van der Waals surface area contributed by atoms with Gasteiger partial charge in [0.1, 0.15) is 0 Å². The van der Waals surface area contributed by atoms with Crippen LogP contribution in [0.15, 0.2) is 12.2 Å². The number of hydrogen-bond donors (Lipinski definition) is 3. The van der Waals surface area contributed by atoms with Gasteiger partial charge in [-0.2, -0.15) is 0 Å². The number of hydrogen-bond acceptors (Lipinski definition) is 14. The Balaban J connectivity index is 3.16. The Hall–Kier alpha value is -2.09. The molecule has 16 heteroatoms. The van der Waals surface area contributed by atoms with Gasteiger partial charge in [0, 0.05) is 19.2 Å². The SMILES string of the molecule is CC(=O)/C=C\C(=O)NCC(=O)NCCOCCOCCOCCOCCOCCOCCOCCOCCOCCOCCN. The molecule has 0 heterocycles. The number of allylic oxidation sites excluding steroid dienone is 1. The van der Waals surface area contributed by atoms with E-state index < -0.39 is 5.91 Å². The minimum Gasteiger partial charge on any atom is -0.378 e. The molecule has 4 N–H and O–H groups in total. The first-order chi connectivity index (χ1) is 22.1. The summed E-state index contributed by atoms with van der Waals surface area (Å²) in [5.74, 6) is -1.11. The lowest BCUT2D eigenvalue weighted by Crippen LogP contribution is -2.37. The van der Waals surface area contributed by atoms with Gasteiger partial charge in [0.05, 0.1) is 139 Å². The van der Waals surface area contributed by atoms with Crippen LogP contribution in [0, 0.1) is 0 Å². The van der Waals surface area contributed by atoms with Crippen molar-refractivity contribution in [3.63, 3.8) is 0 Å². The van der Waals surface area contributed by atoms with E-state index in [9.17, 15) is 14.4 Å². The molecule has 0 unspecified atom stereocenters. The average Bonchev–Trinajstić information content (AvgIpc) is 3.03. The molecule has 0 aromatic heterocycles. The molecule has 0 atom stereocenters. The van der Waals surface area contributed by atoms with Crippen LogP contribution in [0.2, 0.25) is 0 Å². The van der Waals surface area contributed by atoms with E-state index in [-0.39, 0.29) is 18.2 Å². The predicted octanol–water partition coefficient (Wildman–Crippen LogP) is -1.51. The molecule has 0 bridgehead atoms. The normalized spacial score (nSPS) is 11.3. The first-order valence-electron chi connectivity index (χ1n) is 15.3. The molecule has 0 aromatic carbocycles. The molecule has 45 heavy (non-hydrogen) atoms. The minimum atomic E-state index is -0.509. The molecule has 0 radical (unpaired) electrons. The zero-order chi connectivity index (χ0) is 32.9. The van der Waals surface area contributed by atoms with Crippen LogP contribution in [0.25, 0.3) is 0 Å². The first-order valence-corrected chi connectivity index (χ1v) is 15.3. The maximum absolute atomic E-state index is 11.6. The number of amides is 2. The summed E-state index contributed by atoms with van der Waals surface area (Å²) >= 11 is 0. The monoisotopic (exact) mass is 653 g/mol. The van der Waals surface area contributed by atoms with E-state index in [0.717, 1.165) is 12.2 Å². The van der Waals surface area contributed by atoms with E-state index in [0.29, 0.717) is 145 Å². The molecule has 0 aliphatic rings. The number of carbonyl (C=O) groups is 3. The summed E-state index contributed by atoms with van der Waals surface area (Å²) in [6.07, 6.45) is 2.21. The standard InChI is InChI=1S/C29H55N3O13/c1-27(33)2-3-28(34)32-26-29(35)31-5-7-37-9-11-39-13-15-41-17-19-43-21-23-45-25-24-44-22-20-42-18-16-40-14-12-38-10-8-36-6-4-30/h2-3H,4-26,30H2,1H3,(H,31,35)(H,32,34)/b3-2-. The van der Waals surface area contributed by atoms with Crippen molar-refractivity contribution in [2.24, 2.45) is 5.73 Å². The summed E-state index contributed by atoms with van der Waals surface area (Å²) in [4.78, 5) is 33.7. The summed E-state index contributed by atoms with van der Waals surface area (Å²) in [5.41, 5.74) is 5.32. The molecule has 0 rings (SSSR count). The molecular weight excluding hydrogens is 598 g/mol. The zero-order valence-corrected chi connectivity index (χ0v) is 26.8. The van der Waals surface area contributed by atoms with Gasteiger partial charge in [-0.15, -0.1) is 0 Å². The molecule has 264 valence electrons. The van der Waals surface area contributed by atoms with Crippen molar-refractivity contribution in [2.75, 3.05) is 152 Å². The fraction of sp³-hybridized carbons (Fsp3) is 0.828. The third-order valence-corrected chi connectivity index (χ3v) is 5.07. The lowest BCUT2D eigenvalue weighted by Gasteiger charge is -2.09. The second-order valence-corrected chi connectivity index (χ2v) is 8.92. The van der Waals surface area contributed by atoms with Crippen LogP contribution in [0.4, 0.5) is 0 Å². The fourth-order valence-corrected chi connectivity index (χ4v) is 2.91. The van der Waals surface area contributed by atoms with Crippen LogP contribution in [0.3, 0.4) is 0 Å². The maximum atomic E-state index is 11.6. The zero-order valence-electron chi connectivity index (χ0n) is 26.8. The van der Waals surface area contributed by atoms with Crippen molar-refractivity contribution in [2.45, 2.75) is 6.92 Å². The predicted molar refractivity (Wildman–Crippen MR) is 163 cm³/mol. The number of ether oxygens (including phenoxy) is 10. The molecule has 0 aliphatic carbocycles. The Bertz CT molecular complexity index is 717. The molecule has 16 nitrogen and oxygen atoms in total. The van der Waals surface area contributed by atoms with Crippen LogP contribution in [-0.2, 0) is 61.8 Å². The molecule has 0 aliphatic heterocycles. The summed E-state index contributed by atoms with van der Waals surface area (Å²) in [6.45, 7) is 11.4. The number of ketones is 1. The van der Waals surface area contributed by atoms with Crippen molar-refractivity contribution in [1.29, 1.82) is 0 Å².